The maximum absolute atomic E-state index is 6.33. The molecule has 1 heterocycles. The molecule has 1 unspecified atom stereocenters. The SMILES string of the molecule is CCCn1nncc1C(NC)c1ccc(Br)cc1Cl. The number of halogens is 2. The quantitative estimate of drug-likeness (QED) is 0.904. The number of hydrogen-bond acceptors (Lipinski definition) is 3. The molecule has 0 fully saturated rings. The summed E-state index contributed by atoms with van der Waals surface area (Å²) >= 11 is 9.75. The molecule has 0 aliphatic heterocycles. The van der Waals surface area contributed by atoms with E-state index in [1.54, 1.807) is 6.20 Å². The summed E-state index contributed by atoms with van der Waals surface area (Å²) < 4.78 is 2.89. The monoisotopic (exact) mass is 342 g/mol. The highest BCUT2D eigenvalue weighted by Gasteiger charge is 2.19. The van der Waals surface area contributed by atoms with Crippen LogP contribution in [0.25, 0.3) is 0 Å². The van der Waals surface area contributed by atoms with Crippen molar-refractivity contribution in [2.45, 2.75) is 25.9 Å². The van der Waals surface area contributed by atoms with Gasteiger partial charge in [0.25, 0.3) is 0 Å². The molecule has 0 radical (unpaired) electrons. The lowest BCUT2D eigenvalue weighted by molar-refractivity contribution is 0.523. The Hall–Kier alpha value is -0.910. The molecule has 0 spiro atoms. The molecule has 0 aliphatic rings. The van der Waals surface area contributed by atoms with Gasteiger partial charge in [0, 0.05) is 16.0 Å². The average molecular weight is 344 g/mol. The fourth-order valence-electron chi connectivity index (χ4n) is 2.07. The van der Waals surface area contributed by atoms with Crippen molar-refractivity contribution in [3.63, 3.8) is 0 Å². The minimum atomic E-state index is -0.0119. The zero-order valence-electron chi connectivity index (χ0n) is 10.9. The molecular formula is C13H16BrClN4. The normalized spacial score (nSPS) is 12.6. The summed E-state index contributed by atoms with van der Waals surface area (Å²) in [5.41, 5.74) is 2.04. The Bertz CT molecular complexity index is 555. The van der Waals surface area contributed by atoms with Crippen molar-refractivity contribution >= 4 is 27.5 Å². The third kappa shape index (κ3) is 3.16. The molecule has 6 heteroatoms. The van der Waals surface area contributed by atoms with E-state index >= 15 is 0 Å². The minimum Gasteiger partial charge on any atom is -0.308 e. The second-order valence-electron chi connectivity index (χ2n) is 4.27. The summed E-state index contributed by atoms with van der Waals surface area (Å²) in [5.74, 6) is 0. The van der Waals surface area contributed by atoms with Gasteiger partial charge in [-0.3, -0.25) is 0 Å². The highest BCUT2D eigenvalue weighted by Crippen LogP contribution is 2.30. The zero-order chi connectivity index (χ0) is 13.8. The lowest BCUT2D eigenvalue weighted by Crippen LogP contribution is -2.22. The van der Waals surface area contributed by atoms with Gasteiger partial charge in [0.15, 0.2) is 0 Å². The molecule has 0 amide bonds. The summed E-state index contributed by atoms with van der Waals surface area (Å²) in [6, 6.07) is 5.88. The van der Waals surface area contributed by atoms with Crippen LogP contribution >= 0.6 is 27.5 Å². The molecule has 2 aromatic rings. The second kappa shape index (κ2) is 6.50. The molecule has 19 heavy (non-hydrogen) atoms. The standard InChI is InChI=1S/C13H16BrClN4/c1-3-6-19-12(8-17-18-19)13(16-2)10-5-4-9(14)7-11(10)15/h4-5,7-8,13,16H,3,6H2,1-2H3. The van der Waals surface area contributed by atoms with E-state index in [1.807, 2.05) is 29.9 Å². The van der Waals surface area contributed by atoms with Gasteiger partial charge in [-0.25, -0.2) is 4.68 Å². The molecule has 1 N–H and O–H groups in total. The van der Waals surface area contributed by atoms with E-state index in [0.29, 0.717) is 0 Å². The third-order valence-corrected chi connectivity index (χ3v) is 3.76. The largest absolute Gasteiger partial charge is 0.308 e. The third-order valence-electron chi connectivity index (χ3n) is 2.94. The fraction of sp³-hybridized carbons (Fsp3) is 0.385. The van der Waals surface area contributed by atoms with E-state index in [9.17, 15) is 0 Å². The zero-order valence-corrected chi connectivity index (χ0v) is 13.2. The van der Waals surface area contributed by atoms with Crippen LogP contribution in [0.5, 0.6) is 0 Å². The summed E-state index contributed by atoms with van der Waals surface area (Å²) in [7, 11) is 1.91. The van der Waals surface area contributed by atoms with Gasteiger partial charge in [0.05, 0.1) is 17.9 Å². The van der Waals surface area contributed by atoms with Gasteiger partial charge in [0.1, 0.15) is 0 Å². The van der Waals surface area contributed by atoms with Crippen LogP contribution in [0.15, 0.2) is 28.9 Å². The molecule has 102 valence electrons. The Morgan fingerprint density at radius 3 is 2.89 bits per heavy atom. The highest BCUT2D eigenvalue weighted by atomic mass is 79.9. The predicted octanol–water partition coefficient (Wildman–Crippen LogP) is 3.41. The minimum absolute atomic E-state index is 0.0119. The Labute approximate surface area is 126 Å². The van der Waals surface area contributed by atoms with Crippen molar-refractivity contribution in [3.8, 4) is 0 Å². The summed E-state index contributed by atoms with van der Waals surface area (Å²) in [5, 5.41) is 12.1. The summed E-state index contributed by atoms with van der Waals surface area (Å²) in [6.07, 6.45) is 2.80. The fourth-order valence-corrected chi connectivity index (χ4v) is 2.86. The van der Waals surface area contributed by atoms with Gasteiger partial charge in [-0.1, -0.05) is 45.7 Å². The van der Waals surface area contributed by atoms with Crippen molar-refractivity contribution in [1.29, 1.82) is 0 Å². The number of rotatable bonds is 5. The van der Waals surface area contributed by atoms with Crippen LogP contribution in [0.4, 0.5) is 0 Å². The van der Waals surface area contributed by atoms with Gasteiger partial charge < -0.3 is 5.32 Å². The predicted molar refractivity (Wildman–Crippen MR) is 80.4 cm³/mol. The van der Waals surface area contributed by atoms with Gasteiger partial charge in [-0.15, -0.1) is 5.10 Å². The van der Waals surface area contributed by atoms with Gasteiger partial charge in [-0.2, -0.15) is 0 Å². The van der Waals surface area contributed by atoms with Crippen molar-refractivity contribution in [2.24, 2.45) is 0 Å². The van der Waals surface area contributed by atoms with Crippen LogP contribution in [0.1, 0.15) is 30.6 Å². The molecular weight excluding hydrogens is 328 g/mol. The molecule has 0 aliphatic carbocycles. The van der Waals surface area contributed by atoms with Crippen molar-refractivity contribution in [2.75, 3.05) is 7.05 Å². The molecule has 0 saturated heterocycles. The van der Waals surface area contributed by atoms with Gasteiger partial charge >= 0.3 is 0 Å². The van der Waals surface area contributed by atoms with Gasteiger partial charge in [0.2, 0.25) is 0 Å². The molecule has 4 nitrogen and oxygen atoms in total. The van der Waals surface area contributed by atoms with Crippen LogP contribution in [0, 0.1) is 0 Å². The maximum atomic E-state index is 6.33. The average Bonchev–Trinajstić information content (AvgIpc) is 2.82. The molecule has 1 atom stereocenters. The Morgan fingerprint density at radius 2 is 2.26 bits per heavy atom. The van der Waals surface area contributed by atoms with Gasteiger partial charge in [-0.05, 0) is 31.2 Å². The first-order valence-corrected chi connectivity index (χ1v) is 7.35. The number of nitrogens with one attached hydrogen (secondary N) is 1. The highest BCUT2D eigenvalue weighted by molar-refractivity contribution is 9.10. The molecule has 1 aromatic heterocycles. The van der Waals surface area contributed by atoms with Crippen LogP contribution in [0.3, 0.4) is 0 Å². The molecule has 1 aromatic carbocycles. The first-order valence-electron chi connectivity index (χ1n) is 6.18. The van der Waals surface area contributed by atoms with Crippen LogP contribution < -0.4 is 5.32 Å². The maximum Gasteiger partial charge on any atom is 0.0802 e. The van der Waals surface area contributed by atoms with Crippen molar-refractivity contribution < 1.29 is 0 Å². The summed E-state index contributed by atoms with van der Waals surface area (Å²) in [4.78, 5) is 0. The Morgan fingerprint density at radius 1 is 1.47 bits per heavy atom. The number of nitrogens with zero attached hydrogens (tertiary/aromatic N) is 3. The number of aryl methyl sites for hydroxylation is 1. The van der Waals surface area contributed by atoms with E-state index in [1.165, 1.54) is 0 Å². The van der Waals surface area contributed by atoms with E-state index in [0.717, 1.165) is 33.7 Å². The number of aromatic nitrogens is 3. The first kappa shape index (κ1) is 14.5. The molecule has 2 rings (SSSR count). The number of benzene rings is 1. The molecule has 0 bridgehead atoms. The van der Waals surface area contributed by atoms with Crippen LogP contribution in [0.2, 0.25) is 5.02 Å². The Kier molecular flexibility index (Phi) is 4.96. The van der Waals surface area contributed by atoms with Crippen LogP contribution in [-0.4, -0.2) is 22.0 Å². The molecule has 0 saturated carbocycles. The topological polar surface area (TPSA) is 42.7 Å². The number of hydrogen-bond donors (Lipinski definition) is 1. The van der Waals surface area contributed by atoms with E-state index in [-0.39, 0.29) is 6.04 Å². The Balaban J connectivity index is 2.41. The lowest BCUT2D eigenvalue weighted by atomic mass is 10.0. The second-order valence-corrected chi connectivity index (χ2v) is 5.59. The van der Waals surface area contributed by atoms with E-state index in [2.05, 4.69) is 38.5 Å². The van der Waals surface area contributed by atoms with Crippen molar-refractivity contribution in [3.05, 3.63) is 45.1 Å². The lowest BCUT2D eigenvalue weighted by Gasteiger charge is -2.19. The van der Waals surface area contributed by atoms with E-state index < -0.39 is 0 Å². The first-order chi connectivity index (χ1) is 9.17. The smallest absolute Gasteiger partial charge is 0.0802 e. The summed E-state index contributed by atoms with van der Waals surface area (Å²) in [6.45, 7) is 2.97. The van der Waals surface area contributed by atoms with E-state index in [4.69, 9.17) is 11.6 Å². The van der Waals surface area contributed by atoms with Crippen molar-refractivity contribution in [1.82, 2.24) is 20.3 Å². The van der Waals surface area contributed by atoms with Crippen LogP contribution in [-0.2, 0) is 6.54 Å².